The van der Waals surface area contributed by atoms with E-state index in [0.29, 0.717) is 19.4 Å². The van der Waals surface area contributed by atoms with Crippen molar-refractivity contribution in [2.24, 2.45) is 5.92 Å². The van der Waals surface area contributed by atoms with E-state index in [1.54, 1.807) is 13.0 Å². The lowest BCUT2D eigenvalue weighted by Crippen LogP contribution is -2.40. The highest BCUT2D eigenvalue weighted by Crippen LogP contribution is 2.03. The minimum absolute atomic E-state index is 0.0713. The first-order chi connectivity index (χ1) is 7.47. The van der Waals surface area contributed by atoms with Crippen molar-refractivity contribution in [2.45, 2.75) is 32.7 Å². The lowest BCUT2D eigenvalue weighted by molar-refractivity contribution is -0.141. The Morgan fingerprint density at radius 3 is 2.56 bits per heavy atom. The molecule has 2 amide bonds. The van der Waals surface area contributed by atoms with Gasteiger partial charge in [0.1, 0.15) is 0 Å². The van der Waals surface area contributed by atoms with E-state index in [0.717, 1.165) is 0 Å². The molecule has 0 aliphatic rings. The summed E-state index contributed by atoms with van der Waals surface area (Å²) < 4.78 is 0. The highest BCUT2D eigenvalue weighted by Gasteiger charge is 2.10. The van der Waals surface area contributed by atoms with E-state index in [2.05, 4.69) is 17.2 Å². The molecule has 0 aliphatic heterocycles. The van der Waals surface area contributed by atoms with E-state index in [-0.39, 0.29) is 18.0 Å². The zero-order chi connectivity index (χ0) is 12.6. The Balaban J connectivity index is 3.55. The second kappa shape index (κ2) is 7.73. The van der Waals surface area contributed by atoms with Crippen LogP contribution in [0.25, 0.3) is 0 Å². The van der Waals surface area contributed by atoms with Crippen LogP contribution in [0.1, 0.15) is 26.7 Å². The van der Waals surface area contributed by atoms with Crippen LogP contribution in [0.4, 0.5) is 4.79 Å². The molecule has 16 heavy (non-hydrogen) atoms. The topological polar surface area (TPSA) is 78.4 Å². The molecular weight excluding hydrogens is 208 g/mol. The molecule has 0 aromatic carbocycles. The molecule has 2 atom stereocenters. The molecule has 0 rings (SSSR count). The fourth-order valence-electron chi connectivity index (χ4n) is 1.05. The summed E-state index contributed by atoms with van der Waals surface area (Å²) in [5.74, 6) is -1.17. The molecule has 0 aromatic rings. The van der Waals surface area contributed by atoms with Crippen molar-refractivity contribution in [2.75, 3.05) is 6.54 Å². The van der Waals surface area contributed by atoms with Crippen molar-refractivity contribution in [1.82, 2.24) is 10.6 Å². The minimum atomic E-state index is -0.801. The predicted octanol–water partition coefficient (Wildman–Crippen LogP) is 1.36. The third-order valence-corrected chi connectivity index (χ3v) is 2.23. The second-order valence-corrected chi connectivity index (χ2v) is 3.81. The number of carbonyl (C=O) groups is 2. The van der Waals surface area contributed by atoms with Gasteiger partial charge in [-0.3, -0.25) is 4.79 Å². The van der Waals surface area contributed by atoms with Crippen LogP contribution in [-0.4, -0.2) is 29.7 Å². The third kappa shape index (κ3) is 6.86. The average Bonchev–Trinajstić information content (AvgIpc) is 2.23. The maximum Gasteiger partial charge on any atom is 0.315 e. The number of nitrogens with one attached hydrogen (secondary N) is 2. The molecule has 0 saturated heterocycles. The van der Waals surface area contributed by atoms with Gasteiger partial charge in [0.2, 0.25) is 0 Å². The Morgan fingerprint density at radius 1 is 1.44 bits per heavy atom. The largest absolute Gasteiger partial charge is 0.481 e. The van der Waals surface area contributed by atoms with Crippen LogP contribution in [-0.2, 0) is 4.79 Å². The van der Waals surface area contributed by atoms with E-state index >= 15 is 0 Å². The third-order valence-electron chi connectivity index (χ3n) is 2.23. The highest BCUT2D eigenvalue weighted by atomic mass is 16.4. The summed E-state index contributed by atoms with van der Waals surface area (Å²) >= 11 is 0. The molecule has 0 heterocycles. The monoisotopic (exact) mass is 228 g/mol. The van der Waals surface area contributed by atoms with Gasteiger partial charge in [-0.05, 0) is 19.8 Å². The quantitative estimate of drug-likeness (QED) is 0.455. The molecular formula is C11H20N2O3. The SMILES string of the molecule is C=CC(C)NC(=O)NCCCC(C)C(=O)O. The first kappa shape index (κ1) is 14.5. The van der Waals surface area contributed by atoms with Crippen LogP contribution in [0.5, 0.6) is 0 Å². The van der Waals surface area contributed by atoms with Crippen molar-refractivity contribution in [3.63, 3.8) is 0 Å². The van der Waals surface area contributed by atoms with Gasteiger partial charge >= 0.3 is 12.0 Å². The molecule has 0 aliphatic carbocycles. The standard InChI is InChI=1S/C11H20N2O3/c1-4-9(3)13-11(16)12-7-5-6-8(2)10(14)15/h4,8-9H,1,5-7H2,2-3H3,(H,14,15)(H2,12,13,16). The zero-order valence-corrected chi connectivity index (χ0v) is 9.82. The van der Waals surface area contributed by atoms with Crippen molar-refractivity contribution >= 4 is 12.0 Å². The lowest BCUT2D eigenvalue weighted by atomic mass is 10.1. The van der Waals surface area contributed by atoms with Gasteiger partial charge < -0.3 is 15.7 Å². The number of aliphatic carboxylic acids is 1. The van der Waals surface area contributed by atoms with Crippen molar-refractivity contribution < 1.29 is 14.7 Å². The number of carboxylic acids is 1. The summed E-state index contributed by atoms with van der Waals surface area (Å²) in [6.07, 6.45) is 2.85. The number of hydrogen-bond donors (Lipinski definition) is 3. The van der Waals surface area contributed by atoms with Gasteiger partial charge in [0.25, 0.3) is 0 Å². The van der Waals surface area contributed by atoms with Crippen LogP contribution in [0.15, 0.2) is 12.7 Å². The summed E-state index contributed by atoms with van der Waals surface area (Å²) in [4.78, 5) is 21.7. The fourth-order valence-corrected chi connectivity index (χ4v) is 1.05. The van der Waals surface area contributed by atoms with Gasteiger partial charge in [-0.2, -0.15) is 0 Å². The smallest absolute Gasteiger partial charge is 0.315 e. The van der Waals surface area contributed by atoms with Gasteiger partial charge in [-0.1, -0.05) is 13.0 Å². The van der Waals surface area contributed by atoms with Crippen molar-refractivity contribution in [3.05, 3.63) is 12.7 Å². The molecule has 92 valence electrons. The zero-order valence-electron chi connectivity index (χ0n) is 9.82. The predicted molar refractivity (Wildman–Crippen MR) is 62.2 cm³/mol. The summed E-state index contributed by atoms with van der Waals surface area (Å²) in [5.41, 5.74) is 0. The number of urea groups is 1. The molecule has 2 unspecified atom stereocenters. The lowest BCUT2D eigenvalue weighted by Gasteiger charge is -2.11. The number of amides is 2. The Hall–Kier alpha value is -1.52. The first-order valence-corrected chi connectivity index (χ1v) is 5.37. The Kier molecular flexibility index (Phi) is 7.00. The fraction of sp³-hybridized carbons (Fsp3) is 0.636. The minimum Gasteiger partial charge on any atom is -0.481 e. The van der Waals surface area contributed by atoms with Crippen LogP contribution in [0, 0.1) is 5.92 Å². The van der Waals surface area contributed by atoms with Gasteiger partial charge in [-0.15, -0.1) is 6.58 Å². The van der Waals surface area contributed by atoms with Crippen LogP contribution in [0.3, 0.4) is 0 Å². The molecule has 0 bridgehead atoms. The summed E-state index contributed by atoms with van der Waals surface area (Å²) in [6.45, 7) is 7.50. The number of rotatable bonds is 7. The normalized spacial score (nSPS) is 13.6. The van der Waals surface area contributed by atoms with E-state index in [1.165, 1.54) is 0 Å². The van der Waals surface area contributed by atoms with Gasteiger partial charge in [0.15, 0.2) is 0 Å². The molecule has 5 heteroatoms. The van der Waals surface area contributed by atoms with Gasteiger partial charge in [0, 0.05) is 12.6 Å². The van der Waals surface area contributed by atoms with E-state index in [4.69, 9.17) is 5.11 Å². The molecule has 0 radical (unpaired) electrons. The molecule has 3 N–H and O–H groups in total. The summed E-state index contributed by atoms with van der Waals surface area (Å²) in [5, 5.41) is 13.9. The van der Waals surface area contributed by atoms with Crippen LogP contribution < -0.4 is 10.6 Å². The number of carboxylic acid groups (broad SMARTS) is 1. The molecule has 0 fully saturated rings. The summed E-state index contributed by atoms with van der Waals surface area (Å²) in [6, 6.07) is -0.326. The van der Waals surface area contributed by atoms with E-state index in [9.17, 15) is 9.59 Å². The Labute approximate surface area is 95.9 Å². The molecule has 5 nitrogen and oxygen atoms in total. The highest BCUT2D eigenvalue weighted by molar-refractivity contribution is 5.74. The van der Waals surface area contributed by atoms with Crippen LogP contribution >= 0.6 is 0 Å². The number of hydrogen-bond acceptors (Lipinski definition) is 2. The van der Waals surface area contributed by atoms with Crippen LogP contribution in [0.2, 0.25) is 0 Å². The first-order valence-electron chi connectivity index (χ1n) is 5.37. The molecule has 0 aromatic heterocycles. The Morgan fingerprint density at radius 2 is 2.06 bits per heavy atom. The maximum absolute atomic E-state index is 11.2. The average molecular weight is 228 g/mol. The molecule has 0 saturated carbocycles. The van der Waals surface area contributed by atoms with Crippen molar-refractivity contribution in [1.29, 1.82) is 0 Å². The summed E-state index contributed by atoms with van der Waals surface area (Å²) in [7, 11) is 0. The van der Waals surface area contributed by atoms with E-state index < -0.39 is 5.97 Å². The van der Waals surface area contributed by atoms with Crippen molar-refractivity contribution in [3.8, 4) is 0 Å². The van der Waals surface area contributed by atoms with E-state index in [1.807, 2.05) is 6.92 Å². The van der Waals surface area contributed by atoms with Gasteiger partial charge in [0.05, 0.1) is 5.92 Å². The second-order valence-electron chi connectivity index (χ2n) is 3.81. The maximum atomic E-state index is 11.2. The van der Waals surface area contributed by atoms with Gasteiger partial charge in [-0.25, -0.2) is 4.79 Å². The molecule has 0 spiro atoms. The number of carbonyl (C=O) groups excluding carboxylic acids is 1. The Bertz CT molecular complexity index is 254.